The summed E-state index contributed by atoms with van der Waals surface area (Å²) in [7, 11) is 1.67. The number of urea groups is 1. The Morgan fingerprint density at radius 2 is 1.93 bits per heavy atom. The van der Waals surface area contributed by atoms with Gasteiger partial charge in [0.25, 0.3) is 0 Å². The van der Waals surface area contributed by atoms with Crippen LogP contribution in [0.2, 0.25) is 5.02 Å². The van der Waals surface area contributed by atoms with Crippen molar-refractivity contribution in [2.75, 3.05) is 30.4 Å². The first kappa shape index (κ1) is 20.4. The van der Waals surface area contributed by atoms with E-state index in [-0.39, 0.29) is 24.1 Å². The third-order valence-corrected chi connectivity index (χ3v) is 5.04. The zero-order valence-corrected chi connectivity index (χ0v) is 17.0. The van der Waals surface area contributed by atoms with Crippen LogP contribution in [0.25, 0.3) is 0 Å². The highest BCUT2D eigenvalue weighted by Crippen LogP contribution is 2.26. The van der Waals surface area contributed by atoms with E-state index in [4.69, 9.17) is 16.3 Å². The first-order valence-electron chi connectivity index (χ1n) is 9.29. The number of hydrogen-bond acceptors (Lipinski definition) is 3. The van der Waals surface area contributed by atoms with Crippen molar-refractivity contribution >= 4 is 29.0 Å². The van der Waals surface area contributed by atoms with Gasteiger partial charge in [0.05, 0.1) is 17.9 Å². The average Bonchev–Trinajstić information content (AvgIpc) is 2.62. The zero-order chi connectivity index (χ0) is 20.3. The highest BCUT2D eigenvalue weighted by molar-refractivity contribution is 6.31. The first-order valence-corrected chi connectivity index (χ1v) is 9.66. The molecule has 7 heteroatoms. The predicted octanol–water partition coefficient (Wildman–Crippen LogP) is 4.76. The van der Waals surface area contributed by atoms with Crippen molar-refractivity contribution in [3.63, 3.8) is 0 Å². The molecule has 0 aromatic heterocycles. The molecule has 1 N–H and O–H groups in total. The van der Waals surface area contributed by atoms with E-state index in [0.29, 0.717) is 36.0 Å². The van der Waals surface area contributed by atoms with Gasteiger partial charge in [-0.15, -0.1) is 0 Å². The predicted molar refractivity (Wildman–Crippen MR) is 111 cm³/mol. The van der Waals surface area contributed by atoms with Crippen molar-refractivity contribution in [1.29, 1.82) is 0 Å². The third-order valence-electron chi connectivity index (χ3n) is 4.67. The summed E-state index contributed by atoms with van der Waals surface area (Å²) >= 11 is 6.14. The number of benzene rings is 2. The summed E-state index contributed by atoms with van der Waals surface area (Å²) in [5.74, 6) is -0.368. The minimum Gasteiger partial charge on any atom is -0.372 e. The van der Waals surface area contributed by atoms with Crippen LogP contribution in [0, 0.1) is 5.82 Å². The number of hydrogen-bond donors (Lipinski definition) is 1. The number of anilines is 2. The Morgan fingerprint density at radius 3 is 2.57 bits per heavy atom. The molecule has 2 unspecified atom stereocenters. The van der Waals surface area contributed by atoms with Gasteiger partial charge >= 0.3 is 6.03 Å². The van der Waals surface area contributed by atoms with Crippen molar-refractivity contribution < 1.29 is 13.9 Å². The largest absolute Gasteiger partial charge is 0.372 e. The summed E-state index contributed by atoms with van der Waals surface area (Å²) in [6, 6.07) is 11.8. The molecule has 2 atom stereocenters. The Balaban J connectivity index is 1.65. The van der Waals surface area contributed by atoms with E-state index in [9.17, 15) is 9.18 Å². The van der Waals surface area contributed by atoms with Gasteiger partial charge in [-0.3, -0.25) is 0 Å². The van der Waals surface area contributed by atoms with Crippen LogP contribution >= 0.6 is 11.6 Å². The van der Waals surface area contributed by atoms with Gasteiger partial charge in [-0.05, 0) is 43.7 Å². The lowest BCUT2D eigenvalue weighted by Gasteiger charge is -2.37. The molecule has 0 bridgehead atoms. The summed E-state index contributed by atoms with van der Waals surface area (Å²) in [6.45, 7) is 5.57. The van der Waals surface area contributed by atoms with Gasteiger partial charge in [0, 0.05) is 37.4 Å². The van der Waals surface area contributed by atoms with Crippen LogP contribution in [-0.2, 0) is 11.3 Å². The van der Waals surface area contributed by atoms with E-state index >= 15 is 0 Å². The van der Waals surface area contributed by atoms with E-state index in [1.807, 2.05) is 36.9 Å². The smallest absolute Gasteiger partial charge is 0.321 e. The molecule has 1 aliphatic heterocycles. The van der Waals surface area contributed by atoms with Crippen molar-refractivity contribution in [2.45, 2.75) is 32.6 Å². The molecule has 150 valence electrons. The molecule has 3 rings (SSSR count). The van der Waals surface area contributed by atoms with Gasteiger partial charge < -0.3 is 19.9 Å². The molecule has 0 saturated carbocycles. The first-order chi connectivity index (χ1) is 13.3. The van der Waals surface area contributed by atoms with Gasteiger partial charge in [0.2, 0.25) is 0 Å². The normalized spacial score (nSPS) is 19.4. The molecule has 0 radical (unpaired) electrons. The molecule has 1 saturated heterocycles. The van der Waals surface area contributed by atoms with Crippen LogP contribution in [0.1, 0.15) is 19.4 Å². The molecule has 2 aromatic carbocycles. The Labute approximate surface area is 170 Å². The van der Waals surface area contributed by atoms with Gasteiger partial charge in [0.15, 0.2) is 0 Å². The van der Waals surface area contributed by atoms with Crippen LogP contribution in [-0.4, -0.2) is 43.3 Å². The van der Waals surface area contributed by atoms with Crippen LogP contribution in [0.5, 0.6) is 0 Å². The quantitative estimate of drug-likeness (QED) is 0.797. The molecular weight excluding hydrogens is 381 g/mol. The summed E-state index contributed by atoms with van der Waals surface area (Å²) in [6.07, 6.45) is 0.0852. The average molecular weight is 406 g/mol. The Bertz CT molecular complexity index is 838. The summed E-state index contributed by atoms with van der Waals surface area (Å²) in [5, 5.41) is 3.33. The maximum Gasteiger partial charge on any atom is 0.321 e. The number of carbonyl (C=O) groups excluding carboxylic acids is 1. The Morgan fingerprint density at radius 1 is 1.25 bits per heavy atom. The minimum atomic E-state index is -0.368. The zero-order valence-electron chi connectivity index (χ0n) is 16.3. The van der Waals surface area contributed by atoms with Gasteiger partial charge in [-0.1, -0.05) is 29.8 Å². The van der Waals surface area contributed by atoms with Crippen molar-refractivity contribution in [1.82, 2.24) is 4.90 Å². The molecule has 1 aliphatic rings. The highest BCUT2D eigenvalue weighted by atomic mass is 35.5. The molecule has 1 heterocycles. The highest BCUT2D eigenvalue weighted by Gasteiger charge is 2.24. The lowest BCUT2D eigenvalue weighted by atomic mass is 10.2. The number of nitrogens with one attached hydrogen (secondary N) is 1. The molecule has 5 nitrogen and oxygen atoms in total. The summed E-state index contributed by atoms with van der Waals surface area (Å²) in [4.78, 5) is 15.9. The van der Waals surface area contributed by atoms with Crippen LogP contribution in [0.3, 0.4) is 0 Å². The summed E-state index contributed by atoms with van der Waals surface area (Å²) < 4.78 is 20.4. The van der Waals surface area contributed by atoms with Crippen LogP contribution < -0.4 is 10.2 Å². The van der Waals surface area contributed by atoms with E-state index < -0.39 is 0 Å². The van der Waals surface area contributed by atoms with Crippen molar-refractivity contribution in [2.24, 2.45) is 0 Å². The maximum absolute atomic E-state index is 14.7. The monoisotopic (exact) mass is 405 g/mol. The van der Waals surface area contributed by atoms with E-state index in [1.165, 1.54) is 11.0 Å². The molecule has 2 amide bonds. The van der Waals surface area contributed by atoms with Crippen LogP contribution in [0.15, 0.2) is 42.5 Å². The van der Waals surface area contributed by atoms with Gasteiger partial charge in [-0.2, -0.15) is 0 Å². The van der Waals surface area contributed by atoms with Gasteiger partial charge in [-0.25, -0.2) is 9.18 Å². The van der Waals surface area contributed by atoms with Gasteiger partial charge in [0.1, 0.15) is 5.82 Å². The minimum absolute atomic E-state index is 0.0426. The van der Waals surface area contributed by atoms with Crippen molar-refractivity contribution in [3.8, 4) is 0 Å². The number of halogens is 2. The second kappa shape index (κ2) is 8.80. The van der Waals surface area contributed by atoms with E-state index in [2.05, 4.69) is 5.32 Å². The number of amides is 2. The number of ether oxygens (including phenoxy) is 1. The second-order valence-corrected chi connectivity index (χ2v) is 7.61. The lowest BCUT2D eigenvalue weighted by molar-refractivity contribution is -0.00539. The fourth-order valence-electron chi connectivity index (χ4n) is 3.39. The number of nitrogens with zero attached hydrogens (tertiary/aromatic N) is 2. The summed E-state index contributed by atoms with van der Waals surface area (Å²) in [5.41, 5.74) is 1.77. The molecule has 0 aliphatic carbocycles. The lowest BCUT2D eigenvalue weighted by Crippen LogP contribution is -2.45. The number of morpholine rings is 1. The topological polar surface area (TPSA) is 44.8 Å². The standard InChI is InChI=1S/C21H25ClFN3O2/c1-14-11-26(12-15(2)28-14)20-9-8-17(10-19(20)23)24-21(27)25(3)13-16-6-4-5-7-18(16)22/h4-10,14-15H,11-13H2,1-3H3,(H,24,27). The van der Waals surface area contributed by atoms with Crippen molar-refractivity contribution in [3.05, 3.63) is 58.9 Å². The Kier molecular flexibility index (Phi) is 6.42. The number of rotatable bonds is 4. The molecule has 0 spiro atoms. The molecular formula is C21H25ClFN3O2. The van der Waals surface area contributed by atoms with E-state index in [0.717, 1.165) is 5.56 Å². The Hall–Kier alpha value is -2.31. The number of carbonyl (C=O) groups is 1. The van der Waals surface area contributed by atoms with E-state index in [1.54, 1.807) is 25.2 Å². The molecule has 2 aromatic rings. The SMILES string of the molecule is CC1CN(c2ccc(NC(=O)N(C)Cc3ccccc3Cl)cc2F)CC(C)O1. The maximum atomic E-state index is 14.7. The fourth-order valence-corrected chi connectivity index (χ4v) is 3.58. The molecule has 28 heavy (non-hydrogen) atoms. The fraction of sp³-hybridized carbons (Fsp3) is 0.381. The van der Waals surface area contributed by atoms with Crippen LogP contribution in [0.4, 0.5) is 20.6 Å². The molecule has 1 fully saturated rings. The third kappa shape index (κ3) is 4.94. The second-order valence-electron chi connectivity index (χ2n) is 7.21.